The first-order chi connectivity index (χ1) is 14.7. The molecule has 30 heavy (non-hydrogen) atoms. The van der Waals surface area contributed by atoms with Crippen LogP contribution in [0.1, 0.15) is 35.4 Å². The molecule has 0 N–H and O–H groups in total. The highest BCUT2D eigenvalue weighted by Gasteiger charge is 2.12. The molecule has 4 heteroatoms. The third kappa shape index (κ3) is 5.93. The van der Waals surface area contributed by atoms with Gasteiger partial charge in [0.2, 0.25) is 0 Å². The van der Waals surface area contributed by atoms with Crippen molar-refractivity contribution in [1.29, 1.82) is 0 Å². The first kappa shape index (κ1) is 21.6. The molecule has 3 aromatic carbocycles. The largest absolute Gasteiger partial charge is 0.306 e. The van der Waals surface area contributed by atoms with Crippen LogP contribution in [0, 0.1) is 12.7 Å². The van der Waals surface area contributed by atoms with Crippen LogP contribution in [0.2, 0.25) is 6.32 Å². The fourth-order valence-corrected chi connectivity index (χ4v) is 3.61. The van der Waals surface area contributed by atoms with Gasteiger partial charge in [0.05, 0.1) is 6.33 Å². The molecule has 0 aliphatic heterocycles. The zero-order valence-electron chi connectivity index (χ0n) is 17.7. The van der Waals surface area contributed by atoms with E-state index in [2.05, 4.69) is 73.5 Å². The zero-order valence-corrected chi connectivity index (χ0v) is 17.7. The number of aryl methyl sites for hydroxylation is 1. The monoisotopic (exact) mass is 398 g/mol. The van der Waals surface area contributed by atoms with Crippen LogP contribution in [0.3, 0.4) is 0 Å². The maximum absolute atomic E-state index is 12.8. The number of halogens is 1. The first-order valence-electron chi connectivity index (χ1n) is 10.5. The van der Waals surface area contributed by atoms with Crippen LogP contribution < -0.4 is 0 Å². The van der Waals surface area contributed by atoms with Crippen molar-refractivity contribution in [2.75, 3.05) is 0 Å². The second-order valence-corrected chi connectivity index (χ2v) is 7.42. The summed E-state index contributed by atoms with van der Waals surface area (Å²) >= 11 is 0. The summed E-state index contributed by atoms with van der Waals surface area (Å²) in [6.07, 6.45) is 9.01. The number of hydrogen-bond acceptors (Lipinski definition) is 1. The number of nitrogens with zero attached hydrogens (tertiary/aromatic N) is 2. The third-order valence-corrected chi connectivity index (χ3v) is 5.19. The van der Waals surface area contributed by atoms with E-state index in [4.69, 9.17) is 0 Å². The third-order valence-electron chi connectivity index (χ3n) is 5.19. The minimum Gasteiger partial charge on any atom is -0.306 e. The molecule has 152 valence electrons. The Kier molecular flexibility index (Phi) is 8.02. The van der Waals surface area contributed by atoms with Gasteiger partial charge in [-0.25, -0.2) is 9.37 Å². The van der Waals surface area contributed by atoms with Gasteiger partial charge in [-0.15, -0.1) is 0 Å². The van der Waals surface area contributed by atoms with Gasteiger partial charge in [-0.1, -0.05) is 73.4 Å². The summed E-state index contributed by atoms with van der Waals surface area (Å²) in [6, 6.07) is 26.4. The number of hydrogen-bond donors (Lipinski definition) is 0. The molecule has 0 saturated heterocycles. The molecule has 1 aromatic heterocycles. The fourth-order valence-electron chi connectivity index (χ4n) is 3.61. The van der Waals surface area contributed by atoms with Crippen LogP contribution >= 0.6 is 0 Å². The highest BCUT2D eigenvalue weighted by atomic mass is 19.1. The average molecular weight is 398 g/mol. The second kappa shape index (κ2) is 11.2. The van der Waals surface area contributed by atoms with Gasteiger partial charge < -0.3 is 4.57 Å². The van der Waals surface area contributed by atoms with Crippen LogP contribution in [-0.4, -0.2) is 17.4 Å². The Morgan fingerprint density at radius 3 is 2.07 bits per heavy atom. The molecule has 4 rings (SSSR count). The summed E-state index contributed by atoms with van der Waals surface area (Å²) in [5.41, 5.74) is 4.73. The molecule has 0 fully saturated rings. The first-order valence-corrected chi connectivity index (χ1v) is 10.5. The van der Waals surface area contributed by atoms with Crippen LogP contribution in [-0.2, 0) is 0 Å². The number of rotatable bonds is 6. The average Bonchev–Trinajstić information content (AvgIpc) is 3.31. The molecule has 0 amide bonds. The summed E-state index contributed by atoms with van der Waals surface area (Å²) in [5.74, 6) is 0.346. The maximum atomic E-state index is 12.8. The Balaban J connectivity index is 0.000000177. The SMILES string of the molecule is BCCCC(c1ccccc1)c1ccccc1.Cc1cc(F)ccc1-n1ccnc1. The molecular weight excluding hydrogens is 370 g/mol. The molecular formula is C26H28BFN2. The Bertz CT molecular complexity index is 962. The van der Waals surface area contributed by atoms with Crippen molar-refractivity contribution in [3.05, 3.63) is 120 Å². The molecule has 0 aliphatic carbocycles. The van der Waals surface area contributed by atoms with Crippen LogP contribution in [0.25, 0.3) is 5.69 Å². The standard InChI is InChI=1S/C16H19B.C10H9FN2/c17-13-7-12-16(14-8-3-1-4-9-14)15-10-5-2-6-11-15;1-8-6-9(11)2-3-10(8)13-5-4-12-7-13/h1-6,8-11,16H,7,12-13,17H2;2-7H,1H3. The van der Waals surface area contributed by atoms with Crippen molar-refractivity contribution in [3.8, 4) is 5.69 Å². The second-order valence-electron chi connectivity index (χ2n) is 7.42. The van der Waals surface area contributed by atoms with Crippen molar-refractivity contribution in [3.63, 3.8) is 0 Å². The molecule has 0 aliphatic rings. The summed E-state index contributed by atoms with van der Waals surface area (Å²) in [7, 11) is 2.26. The van der Waals surface area contributed by atoms with Crippen molar-refractivity contribution in [2.24, 2.45) is 0 Å². The van der Waals surface area contributed by atoms with E-state index in [9.17, 15) is 4.39 Å². The topological polar surface area (TPSA) is 17.8 Å². The Labute approximate surface area is 179 Å². The summed E-state index contributed by atoms with van der Waals surface area (Å²) in [5, 5.41) is 0. The van der Waals surface area contributed by atoms with Gasteiger partial charge in [0.15, 0.2) is 0 Å². The molecule has 4 aromatic rings. The summed E-state index contributed by atoms with van der Waals surface area (Å²) in [4.78, 5) is 3.93. The van der Waals surface area contributed by atoms with Crippen molar-refractivity contribution < 1.29 is 4.39 Å². The highest BCUT2D eigenvalue weighted by Crippen LogP contribution is 2.29. The van der Waals surface area contributed by atoms with Gasteiger partial charge >= 0.3 is 0 Å². The van der Waals surface area contributed by atoms with Gasteiger partial charge in [0, 0.05) is 24.0 Å². The molecule has 0 radical (unpaired) electrons. The van der Waals surface area contributed by atoms with E-state index < -0.39 is 0 Å². The lowest BCUT2D eigenvalue weighted by molar-refractivity contribution is 0.626. The van der Waals surface area contributed by atoms with Crippen molar-refractivity contribution in [1.82, 2.24) is 9.55 Å². The van der Waals surface area contributed by atoms with Crippen molar-refractivity contribution in [2.45, 2.75) is 32.0 Å². The number of imidazole rings is 1. The van der Waals surface area contributed by atoms with Crippen LogP contribution in [0.5, 0.6) is 0 Å². The van der Waals surface area contributed by atoms with Gasteiger partial charge in [0.25, 0.3) is 0 Å². The molecule has 0 spiro atoms. The van der Waals surface area contributed by atoms with Gasteiger partial charge in [0.1, 0.15) is 13.7 Å². The van der Waals surface area contributed by atoms with Crippen LogP contribution in [0.15, 0.2) is 97.6 Å². The van der Waals surface area contributed by atoms with E-state index in [-0.39, 0.29) is 5.82 Å². The molecule has 2 nitrogen and oxygen atoms in total. The van der Waals surface area contributed by atoms with E-state index in [0.29, 0.717) is 5.92 Å². The zero-order chi connectivity index (χ0) is 21.2. The molecule has 1 heterocycles. The van der Waals surface area contributed by atoms with Gasteiger partial charge in [-0.05, 0) is 48.2 Å². The quantitative estimate of drug-likeness (QED) is 0.366. The van der Waals surface area contributed by atoms with Crippen LogP contribution in [0.4, 0.5) is 4.39 Å². The number of benzene rings is 3. The molecule has 0 bridgehead atoms. The minimum absolute atomic E-state index is 0.207. The molecule has 0 saturated carbocycles. The normalized spacial score (nSPS) is 10.5. The van der Waals surface area contributed by atoms with E-state index in [1.165, 1.54) is 42.4 Å². The fraction of sp³-hybridized carbons (Fsp3) is 0.192. The Morgan fingerprint density at radius 1 is 0.933 bits per heavy atom. The summed E-state index contributed by atoms with van der Waals surface area (Å²) in [6.45, 7) is 1.87. The maximum Gasteiger partial charge on any atom is 0.123 e. The van der Waals surface area contributed by atoms with Gasteiger partial charge in [-0.3, -0.25) is 0 Å². The lowest BCUT2D eigenvalue weighted by atomic mass is 9.85. The predicted molar refractivity (Wildman–Crippen MR) is 126 cm³/mol. The van der Waals surface area contributed by atoms with E-state index >= 15 is 0 Å². The highest BCUT2D eigenvalue weighted by molar-refractivity contribution is 6.08. The predicted octanol–water partition coefficient (Wildman–Crippen LogP) is 5.97. The minimum atomic E-state index is -0.207. The van der Waals surface area contributed by atoms with E-state index in [1.807, 2.05) is 17.7 Å². The molecule has 0 atom stereocenters. The van der Waals surface area contributed by atoms with E-state index in [1.54, 1.807) is 18.6 Å². The number of aromatic nitrogens is 2. The Hall–Kier alpha value is -3.14. The van der Waals surface area contributed by atoms with Gasteiger partial charge in [-0.2, -0.15) is 0 Å². The molecule has 0 unspecified atom stereocenters. The van der Waals surface area contributed by atoms with Crippen molar-refractivity contribution >= 4 is 7.85 Å². The lowest BCUT2D eigenvalue weighted by Gasteiger charge is -2.17. The smallest absolute Gasteiger partial charge is 0.123 e. The summed E-state index contributed by atoms with van der Waals surface area (Å²) < 4.78 is 14.6. The lowest BCUT2D eigenvalue weighted by Crippen LogP contribution is -2.00. The Morgan fingerprint density at radius 2 is 1.57 bits per heavy atom. The van der Waals surface area contributed by atoms with E-state index in [0.717, 1.165) is 11.3 Å².